The van der Waals surface area contributed by atoms with Crippen molar-refractivity contribution in [3.63, 3.8) is 0 Å². The first-order chi connectivity index (χ1) is 13.9. The number of aliphatic carboxylic acids is 1. The molecule has 0 aliphatic heterocycles. The smallest absolute Gasteiger partial charge is 0.303 e. The maximum Gasteiger partial charge on any atom is 0.303 e. The Morgan fingerprint density at radius 1 is 1.07 bits per heavy atom. The van der Waals surface area contributed by atoms with Crippen LogP contribution in [-0.4, -0.2) is 26.6 Å². The van der Waals surface area contributed by atoms with E-state index in [4.69, 9.17) is 16.7 Å². The highest BCUT2D eigenvalue weighted by Crippen LogP contribution is 2.25. The molecule has 1 heterocycles. The fourth-order valence-electron chi connectivity index (χ4n) is 2.87. The Bertz CT molecular complexity index is 1080. The number of nitrogens with zero attached hydrogens (tertiary/aromatic N) is 2. The Kier molecular flexibility index (Phi) is 5.94. The third kappa shape index (κ3) is 4.61. The minimum atomic E-state index is -0.976. The Labute approximate surface area is 170 Å². The monoisotopic (exact) mass is 413 g/mol. The van der Waals surface area contributed by atoms with Crippen LogP contribution < -0.4 is 5.43 Å². The Balaban J connectivity index is 2.00. The molecule has 1 aromatic heterocycles. The number of carbonyl (C=O) groups excluding carboxylic acids is 1. The van der Waals surface area contributed by atoms with Crippen molar-refractivity contribution in [3.05, 3.63) is 87.1 Å². The molecule has 0 saturated carbocycles. The van der Waals surface area contributed by atoms with Crippen LogP contribution in [0.4, 0.5) is 5.69 Å². The van der Waals surface area contributed by atoms with Crippen molar-refractivity contribution < 1.29 is 19.6 Å². The van der Waals surface area contributed by atoms with Gasteiger partial charge in [0.15, 0.2) is 0 Å². The SMILES string of the molecule is O=C(O)CCc1ccc(-c2ccc(Cl)cc2)n1NC(=O)c1ccccc1[N+](=O)[O-]. The van der Waals surface area contributed by atoms with Crippen LogP contribution >= 0.6 is 11.6 Å². The van der Waals surface area contributed by atoms with Crippen LogP contribution in [0.3, 0.4) is 0 Å². The summed E-state index contributed by atoms with van der Waals surface area (Å²) >= 11 is 5.93. The molecule has 29 heavy (non-hydrogen) atoms. The molecule has 3 aromatic rings. The lowest BCUT2D eigenvalue weighted by atomic mass is 10.1. The number of nitro benzene ring substituents is 1. The summed E-state index contributed by atoms with van der Waals surface area (Å²) in [5.41, 5.74) is 4.11. The van der Waals surface area contributed by atoms with Gasteiger partial charge in [0.25, 0.3) is 11.6 Å². The van der Waals surface area contributed by atoms with Gasteiger partial charge in [0.05, 0.1) is 17.0 Å². The van der Waals surface area contributed by atoms with E-state index in [1.165, 1.54) is 28.9 Å². The number of nitro groups is 1. The van der Waals surface area contributed by atoms with E-state index in [-0.39, 0.29) is 24.1 Å². The van der Waals surface area contributed by atoms with Crippen LogP contribution in [0.5, 0.6) is 0 Å². The summed E-state index contributed by atoms with van der Waals surface area (Å²) in [6.07, 6.45) is 0.0332. The van der Waals surface area contributed by atoms with E-state index in [1.54, 1.807) is 36.4 Å². The zero-order chi connectivity index (χ0) is 21.0. The molecular weight excluding hydrogens is 398 g/mol. The predicted octanol–water partition coefficient (Wildman–Crippen LogP) is 4.12. The summed E-state index contributed by atoms with van der Waals surface area (Å²) < 4.78 is 1.45. The topological polar surface area (TPSA) is 114 Å². The molecule has 0 aliphatic rings. The van der Waals surface area contributed by atoms with Crippen LogP contribution in [0.15, 0.2) is 60.7 Å². The van der Waals surface area contributed by atoms with Crippen molar-refractivity contribution in [1.29, 1.82) is 0 Å². The van der Waals surface area contributed by atoms with Crippen LogP contribution in [0.2, 0.25) is 5.02 Å². The number of para-hydroxylation sites is 1. The minimum Gasteiger partial charge on any atom is -0.481 e. The number of hydrogen-bond acceptors (Lipinski definition) is 4. The molecule has 0 bridgehead atoms. The van der Waals surface area contributed by atoms with E-state index >= 15 is 0 Å². The first-order valence-corrected chi connectivity index (χ1v) is 8.97. The number of rotatable bonds is 7. The molecule has 9 heteroatoms. The van der Waals surface area contributed by atoms with Gasteiger partial charge in [0, 0.05) is 28.8 Å². The van der Waals surface area contributed by atoms with E-state index in [2.05, 4.69) is 5.43 Å². The molecule has 0 spiro atoms. The summed E-state index contributed by atoms with van der Waals surface area (Å²) in [6, 6.07) is 15.9. The number of nitrogens with one attached hydrogen (secondary N) is 1. The van der Waals surface area contributed by atoms with Gasteiger partial charge in [0.2, 0.25) is 0 Å². The van der Waals surface area contributed by atoms with Gasteiger partial charge in [-0.05, 0) is 30.3 Å². The maximum atomic E-state index is 12.8. The van der Waals surface area contributed by atoms with E-state index in [9.17, 15) is 19.7 Å². The van der Waals surface area contributed by atoms with Crippen LogP contribution in [0.1, 0.15) is 22.5 Å². The van der Waals surface area contributed by atoms with Crippen molar-refractivity contribution in [1.82, 2.24) is 4.68 Å². The molecule has 0 aliphatic carbocycles. The molecular formula is C20H16ClN3O5. The van der Waals surface area contributed by atoms with Gasteiger partial charge in [-0.15, -0.1) is 0 Å². The quantitative estimate of drug-likeness (QED) is 0.446. The molecule has 3 rings (SSSR count). The van der Waals surface area contributed by atoms with Gasteiger partial charge in [-0.3, -0.25) is 29.8 Å². The molecule has 0 saturated heterocycles. The lowest BCUT2D eigenvalue weighted by molar-refractivity contribution is -0.385. The first-order valence-electron chi connectivity index (χ1n) is 8.60. The number of amides is 1. The number of halogens is 1. The molecule has 148 valence electrons. The fourth-order valence-corrected chi connectivity index (χ4v) is 3.00. The lowest BCUT2D eigenvalue weighted by Crippen LogP contribution is -2.26. The number of carboxylic acids is 1. The molecule has 0 unspecified atom stereocenters. The van der Waals surface area contributed by atoms with Crippen molar-refractivity contribution in [3.8, 4) is 11.3 Å². The third-order valence-corrected chi connectivity index (χ3v) is 4.51. The number of hydrogen-bond donors (Lipinski definition) is 2. The summed E-state index contributed by atoms with van der Waals surface area (Å²) in [5.74, 6) is -1.66. The predicted molar refractivity (Wildman–Crippen MR) is 108 cm³/mol. The average molecular weight is 414 g/mol. The summed E-state index contributed by atoms with van der Waals surface area (Å²) in [4.78, 5) is 34.4. The maximum absolute atomic E-state index is 12.8. The average Bonchev–Trinajstić information content (AvgIpc) is 3.09. The van der Waals surface area contributed by atoms with Crippen molar-refractivity contribution >= 4 is 29.2 Å². The Hall–Kier alpha value is -3.65. The fraction of sp³-hybridized carbons (Fsp3) is 0.100. The first kappa shape index (κ1) is 20.1. The van der Waals surface area contributed by atoms with Crippen molar-refractivity contribution in [2.75, 3.05) is 5.43 Å². The Morgan fingerprint density at radius 2 is 1.76 bits per heavy atom. The molecule has 0 radical (unpaired) electrons. The molecule has 0 atom stereocenters. The van der Waals surface area contributed by atoms with Gasteiger partial charge in [-0.25, -0.2) is 0 Å². The third-order valence-electron chi connectivity index (χ3n) is 4.26. The molecule has 2 N–H and O–H groups in total. The number of aromatic nitrogens is 1. The van der Waals surface area contributed by atoms with Crippen LogP contribution in [0, 0.1) is 10.1 Å². The van der Waals surface area contributed by atoms with Crippen molar-refractivity contribution in [2.24, 2.45) is 0 Å². The minimum absolute atomic E-state index is 0.0996. The second kappa shape index (κ2) is 8.57. The van der Waals surface area contributed by atoms with Gasteiger partial charge in [-0.2, -0.15) is 0 Å². The van der Waals surface area contributed by atoms with E-state index < -0.39 is 16.8 Å². The zero-order valence-electron chi connectivity index (χ0n) is 15.0. The van der Waals surface area contributed by atoms with Gasteiger partial charge < -0.3 is 5.11 Å². The van der Waals surface area contributed by atoms with Crippen LogP contribution in [-0.2, 0) is 11.2 Å². The van der Waals surface area contributed by atoms with Crippen molar-refractivity contribution in [2.45, 2.75) is 12.8 Å². The largest absolute Gasteiger partial charge is 0.481 e. The Morgan fingerprint density at radius 3 is 2.41 bits per heavy atom. The normalized spacial score (nSPS) is 10.5. The highest BCUT2D eigenvalue weighted by atomic mass is 35.5. The number of benzene rings is 2. The molecule has 0 fully saturated rings. The number of aryl methyl sites for hydroxylation is 1. The number of carbonyl (C=O) groups is 2. The summed E-state index contributed by atoms with van der Waals surface area (Å²) in [5, 5.41) is 20.8. The van der Waals surface area contributed by atoms with E-state index in [1.807, 2.05) is 0 Å². The second-order valence-corrected chi connectivity index (χ2v) is 6.60. The van der Waals surface area contributed by atoms with Gasteiger partial charge in [-0.1, -0.05) is 35.9 Å². The second-order valence-electron chi connectivity index (χ2n) is 6.16. The highest BCUT2D eigenvalue weighted by molar-refractivity contribution is 6.30. The highest BCUT2D eigenvalue weighted by Gasteiger charge is 2.21. The standard InChI is InChI=1S/C20H16ClN3O5/c21-14-7-5-13(6-8-14)17-11-9-15(10-12-19(25)26)23(17)22-20(27)16-3-1-2-4-18(16)24(28)29/h1-9,11H,10,12H2,(H,22,27)(H,25,26). The lowest BCUT2D eigenvalue weighted by Gasteiger charge is -2.15. The van der Waals surface area contributed by atoms with Gasteiger partial charge >= 0.3 is 5.97 Å². The summed E-state index contributed by atoms with van der Waals surface area (Å²) in [7, 11) is 0. The van der Waals surface area contributed by atoms with E-state index in [0.29, 0.717) is 16.4 Å². The molecule has 2 aromatic carbocycles. The van der Waals surface area contributed by atoms with Gasteiger partial charge in [0.1, 0.15) is 5.56 Å². The zero-order valence-corrected chi connectivity index (χ0v) is 15.8. The molecule has 1 amide bonds. The molecule has 8 nitrogen and oxygen atoms in total. The van der Waals surface area contributed by atoms with E-state index in [0.717, 1.165) is 5.56 Å². The summed E-state index contributed by atoms with van der Waals surface area (Å²) in [6.45, 7) is 0. The van der Waals surface area contributed by atoms with Crippen LogP contribution in [0.25, 0.3) is 11.3 Å². The number of carboxylic acid groups (broad SMARTS) is 1.